The molecule has 1 amide bonds. The molecule has 0 aliphatic rings. The van der Waals surface area contributed by atoms with Gasteiger partial charge < -0.3 is 15.1 Å². The lowest BCUT2D eigenvalue weighted by atomic mass is 10.2. The van der Waals surface area contributed by atoms with Crippen molar-refractivity contribution in [3.63, 3.8) is 0 Å². The van der Waals surface area contributed by atoms with Gasteiger partial charge in [0.15, 0.2) is 5.69 Å². The second-order valence-electron chi connectivity index (χ2n) is 5.81. The number of imidazole rings is 1. The molecule has 2 atom stereocenters. The molecule has 0 aliphatic carbocycles. The molecule has 9 heteroatoms. The molecular weight excluding hydrogens is 334 g/mol. The Morgan fingerprint density at radius 3 is 2.58 bits per heavy atom. The lowest BCUT2D eigenvalue weighted by Crippen LogP contribution is -2.44. The third-order valence-electron chi connectivity index (χ3n) is 3.57. The van der Waals surface area contributed by atoms with E-state index in [1.807, 2.05) is 0 Å². The standard InChI is InChI=1S/C15H21N3O5S/c1-10(9-19)18(8-11(2)20)14(21)13-12-6-4-5-7-17(12)15(16-13)24(3,22)23/h4-7,10-11,19-20H,8-9H2,1-3H3/t10-,11+/m1/s1. The molecule has 24 heavy (non-hydrogen) atoms. The summed E-state index contributed by atoms with van der Waals surface area (Å²) < 4.78 is 25.2. The van der Waals surface area contributed by atoms with Gasteiger partial charge in [-0.15, -0.1) is 0 Å². The Morgan fingerprint density at radius 2 is 2.04 bits per heavy atom. The molecule has 0 fully saturated rings. The molecule has 0 bridgehead atoms. The van der Waals surface area contributed by atoms with E-state index in [4.69, 9.17) is 0 Å². The number of amides is 1. The van der Waals surface area contributed by atoms with E-state index >= 15 is 0 Å². The predicted octanol–water partition coefficient (Wildman–Crippen LogP) is -0.0584. The lowest BCUT2D eigenvalue weighted by Gasteiger charge is -2.28. The van der Waals surface area contributed by atoms with Gasteiger partial charge in [0, 0.05) is 19.0 Å². The van der Waals surface area contributed by atoms with Gasteiger partial charge in [0.2, 0.25) is 15.0 Å². The van der Waals surface area contributed by atoms with Crippen LogP contribution in [0.3, 0.4) is 0 Å². The van der Waals surface area contributed by atoms with Crippen LogP contribution in [-0.2, 0) is 9.84 Å². The summed E-state index contributed by atoms with van der Waals surface area (Å²) in [7, 11) is -3.63. The van der Waals surface area contributed by atoms with Crippen LogP contribution in [0.25, 0.3) is 5.52 Å². The van der Waals surface area contributed by atoms with E-state index in [9.17, 15) is 23.4 Å². The fourth-order valence-electron chi connectivity index (χ4n) is 2.41. The maximum absolute atomic E-state index is 12.9. The Hall–Kier alpha value is -1.97. The Bertz CT molecular complexity index is 844. The highest BCUT2D eigenvalue weighted by Gasteiger charge is 2.29. The van der Waals surface area contributed by atoms with E-state index in [1.54, 1.807) is 25.1 Å². The van der Waals surface area contributed by atoms with Crippen LogP contribution in [0.15, 0.2) is 29.6 Å². The fraction of sp³-hybridized carbons (Fsp3) is 0.467. The molecule has 2 aromatic rings. The highest BCUT2D eigenvalue weighted by molar-refractivity contribution is 7.90. The molecule has 2 heterocycles. The van der Waals surface area contributed by atoms with E-state index < -0.39 is 27.9 Å². The Balaban J connectivity index is 2.60. The quantitative estimate of drug-likeness (QED) is 0.751. The minimum atomic E-state index is -3.63. The molecule has 2 aromatic heterocycles. The predicted molar refractivity (Wildman–Crippen MR) is 87.6 cm³/mol. The van der Waals surface area contributed by atoms with Crippen LogP contribution in [0.2, 0.25) is 0 Å². The average molecular weight is 355 g/mol. The van der Waals surface area contributed by atoms with Gasteiger partial charge in [-0.1, -0.05) is 6.07 Å². The van der Waals surface area contributed by atoms with E-state index in [0.29, 0.717) is 5.52 Å². The molecule has 0 aromatic carbocycles. The van der Waals surface area contributed by atoms with Crippen LogP contribution in [0.1, 0.15) is 24.3 Å². The smallest absolute Gasteiger partial charge is 0.275 e. The molecule has 0 saturated heterocycles. The summed E-state index contributed by atoms with van der Waals surface area (Å²) in [5, 5.41) is 18.8. The number of fused-ring (bicyclic) bond motifs is 1. The van der Waals surface area contributed by atoms with Gasteiger partial charge in [-0.3, -0.25) is 9.20 Å². The summed E-state index contributed by atoms with van der Waals surface area (Å²) in [6.45, 7) is 2.87. The molecule has 8 nitrogen and oxygen atoms in total. The van der Waals surface area contributed by atoms with Crippen molar-refractivity contribution in [3.8, 4) is 0 Å². The SMILES string of the molecule is C[C@H](O)CN(C(=O)c1nc(S(C)(=O)=O)n2ccccc12)[C@H](C)CO. The molecule has 2 rings (SSSR count). The lowest BCUT2D eigenvalue weighted by molar-refractivity contribution is 0.0469. The first-order chi connectivity index (χ1) is 11.2. The third kappa shape index (κ3) is 3.58. The van der Waals surface area contributed by atoms with Crippen molar-refractivity contribution in [1.29, 1.82) is 0 Å². The van der Waals surface area contributed by atoms with Gasteiger partial charge in [0.25, 0.3) is 5.91 Å². The number of carbonyl (C=O) groups is 1. The first kappa shape index (κ1) is 18.4. The molecule has 0 saturated carbocycles. The number of hydrogen-bond acceptors (Lipinski definition) is 6. The van der Waals surface area contributed by atoms with Gasteiger partial charge in [0.1, 0.15) is 0 Å². The van der Waals surface area contributed by atoms with Crippen LogP contribution in [-0.4, -0.2) is 70.4 Å². The van der Waals surface area contributed by atoms with Crippen LogP contribution in [0.5, 0.6) is 0 Å². The summed E-state index contributed by atoms with van der Waals surface area (Å²) in [5.41, 5.74) is 0.320. The number of nitrogens with zero attached hydrogens (tertiary/aromatic N) is 3. The number of aliphatic hydroxyl groups excluding tert-OH is 2. The van der Waals surface area contributed by atoms with Crippen LogP contribution < -0.4 is 0 Å². The van der Waals surface area contributed by atoms with E-state index in [0.717, 1.165) is 6.26 Å². The van der Waals surface area contributed by atoms with Crippen molar-refractivity contribution in [1.82, 2.24) is 14.3 Å². The summed E-state index contributed by atoms with van der Waals surface area (Å²) in [4.78, 5) is 18.2. The van der Waals surface area contributed by atoms with Gasteiger partial charge in [-0.05, 0) is 26.0 Å². The monoisotopic (exact) mass is 355 g/mol. The van der Waals surface area contributed by atoms with Crippen molar-refractivity contribution in [2.45, 2.75) is 31.1 Å². The zero-order valence-corrected chi connectivity index (χ0v) is 14.6. The fourth-order valence-corrected chi connectivity index (χ4v) is 3.18. The van der Waals surface area contributed by atoms with Gasteiger partial charge in [-0.2, -0.15) is 0 Å². The van der Waals surface area contributed by atoms with E-state index in [2.05, 4.69) is 4.98 Å². The van der Waals surface area contributed by atoms with Crippen LogP contribution in [0.4, 0.5) is 0 Å². The summed E-state index contributed by atoms with van der Waals surface area (Å²) >= 11 is 0. The normalized spacial score (nSPS) is 14.5. The van der Waals surface area contributed by atoms with Crippen LogP contribution >= 0.6 is 0 Å². The first-order valence-electron chi connectivity index (χ1n) is 7.43. The third-order valence-corrected chi connectivity index (χ3v) is 4.52. The highest BCUT2D eigenvalue weighted by atomic mass is 32.2. The van der Waals surface area contributed by atoms with Gasteiger partial charge in [0.05, 0.1) is 24.3 Å². The maximum atomic E-state index is 12.9. The summed E-state index contributed by atoms with van der Waals surface area (Å²) in [5.74, 6) is -0.545. The number of carbonyl (C=O) groups excluding carboxylic acids is 1. The molecule has 0 aliphatic heterocycles. The molecule has 2 N–H and O–H groups in total. The Labute approximate surface area is 140 Å². The van der Waals surface area contributed by atoms with Gasteiger partial charge >= 0.3 is 0 Å². The first-order valence-corrected chi connectivity index (χ1v) is 9.33. The van der Waals surface area contributed by atoms with Gasteiger partial charge in [-0.25, -0.2) is 13.4 Å². The Kier molecular flexibility index (Phi) is 5.26. The second-order valence-corrected chi connectivity index (χ2v) is 7.72. The highest BCUT2D eigenvalue weighted by Crippen LogP contribution is 2.19. The number of aromatic nitrogens is 2. The number of rotatable bonds is 6. The van der Waals surface area contributed by atoms with Crippen molar-refractivity contribution in [3.05, 3.63) is 30.1 Å². The van der Waals surface area contributed by atoms with Crippen molar-refractivity contribution < 1.29 is 23.4 Å². The molecule has 0 spiro atoms. The molecular formula is C15H21N3O5S. The number of aliphatic hydroxyl groups is 2. The maximum Gasteiger partial charge on any atom is 0.275 e. The average Bonchev–Trinajstić information content (AvgIpc) is 2.91. The zero-order valence-electron chi connectivity index (χ0n) is 13.7. The molecule has 0 radical (unpaired) electrons. The van der Waals surface area contributed by atoms with Crippen LogP contribution in [0, 0.1) is 0 Å². The summed E-state index contributed by atoms with van der Waals surface area (Å²) in [6, 6.07) is 4.36. The zero-order chi connectivity index (χ0) is 18.1. The minimum Gasteiger partial charge on any atom is -0.394 e. The second kappa shape index (κ2) is 6.88. The minimum absolute atomic E-state index is 0.000617. The van der Waals surface area contributed by atoms with E-state index in [-0.39, 0.29) is 24.0 Å². The van der Waals surface area contributed by atoms with Crippen molar-refractivity contribution in [2.75, 3.05) is 19.4 Å². The number of pyridine rings is 1. The molecule has 132 valence electrons. The van der Waals surface area contributed by atoms with E-state index in [1.165, 1.54) is 22.4 Å². The number of sulfone groups is 1. The Morgan fingerprint density at radius 1 is 1.38 bits per heavy atom. The van der Waals surface area contributed by atoms with Crippen molar-refractivity contribution >= 4 is 21.3 Å². The topological polar surface area (TPSA) is 112 Å². The largest absolute Gasteiger partial charge is 0.394 e. The summed E-state index contributed by atoms with van der Waals surface area (Å²) in [6.07, 6.45) is 1.74. The molecule has 0 unspecified atom stereocenters. The number of hydrogen-bond donors (Lipinski definition) is 2. The van der Waals surface area contributed by atoms with Crippen molar-refractivity contribution in [2.24, 2.45) is 0 Å².